The highest BCUT2D eigenvalue weighted by Crippen LogP contribution is 2.21. The van der Waals surface area contributed by atoms with Crippen LogP contribution in [0.15, 0.2) is 59.5 Å². The number of nitrogens with one attached hydrogen (secondary N) is 1. The van der Waals surface area contributed by atoms with Gasteiger partial charge in [-0.05, 0) is 69.2 Å². The topological polar surface area (TPSA) is 156 Å². The molecule has 0 saturated carbocycles. The van der Waals surface area contributed by atoms with Gasteiger partial charge in [0, 0.05) is 13.1 Å². The van der Waals surface area contributed by atoms with Crippen LogP contribution in [0, 0.1) is 12.8 Å². The first kappa shape index (κ1) is 29.3. The van der Waals surface area contributed by atoms with Gasteiger partial charge in [-0.25, -0.2) is 13.2 Å². The number of rotatable bonds is 10. The number of hydrogen-bond donors (Lipinski definition) is 4. The van der Waals surface area contributed by atoms with Gasteiger partial charge in [-0.3, -0.25) is 4.79 Å². The van der Waals surface area contributed by atoms with Crippen molar-refractivity contribution >= 4 is 22.0 Å². The van der Waals surface area contributed by atoms with Crippen LogP contribution in [0.3, 0.4) is 0 Å². The van der Waals surface area contributed by atoms with Crippen LogP contribution in [0.25, 0.3) is 0 Å². The summed E-state index contributed by atoms with van der Waals surface area (Å²) in [4.78, 5) is 23.9. The first-order valence-electron chi connectivity index (χ1n) is 12.2. The number of unbranched alkanes of at least 4 members (excludes halogenated alkanes) is 1. The Kier molecular flexibility index (Phi) is 11.9. The summed E-state index contributed by atoms with van der Waals surface area (Å²) in [6.07, 6.45) is 4.70. The lowest BCUT2D eigenvalue weighted by atomic mass is 9.90. The van der Waals surface area contributed by atoms with Crippen LogP contribution in [0.1, 0.15) is 43.2 Å². The summed E-state index contributed by atoms with van der Waals surface area (Å²) in [5, 5.41) is 9.07. The van der Waals surface area contributed by atoms with E-state index in [0.717, 1.165) is 37.9 Å². The smallest absolute Gasteiger partial charge is 0.321 e. The Morgan fingerprint density at radius 1 is 1.06 bits per heavy atom. The number of benzene rings is 2. The molecule has 36 heavy (non-hydrogen) atoms. The third-order valence-corrected chi connectivity index (χ3v) is 7.65. The molecule has 1 saturated heterocycles. The van der Waals surface area contributed by atoms with E-state index in [0.29, 0.717) is 25.3 Å². The van der Waals surface area contributed by atoms with Crippen molar-refractivity contribution in [3.05, 3.63) is 65.7 Å². The largest absolute Gasteiger partial charge is 0.480 e. The second-order valence-corrected chi connectivity index (χ2v) is 10.8. The molecule has 1 atom stereocenters. The fraction of sp³-hybridized carbons (Fsp3) is 0.462. The predicted octanol–water partition coefficient (Wildman–Crippen LogP) is 2.88. The molecule has 6 N–H and O–H groups in total. The van der Waals surface area contributed by atoms with Crippen LogP contribution < -0.4 is 16.2 Å². The Bertz CT molecular complexity index is 1050. The van der Waals surface area contributed by atoms with Crippen molar-refractivity contribution in [3.63, 3.8) is 0 Å². The normalized spacial score (nSPS) is 15.0. The number of carbonyl (C=O) groups is 2. The molecule has 0 aromatic heterocycles. The van der Waals surface area contributed by atoms with Crippen LogP contribution in [-0.4, -0.2) is 56.1 Å². The minimum Gasteiger partial charge on any atom is -0.480 e. The fourth-order valence-electron chi connectivity index (χ4n) is 4.00. The number of hydrogen-bond acceptors (Lipinski definition) is 5. The van der Waals surface area contributed by atoms with Crippen molar-refractivity contribution in [1.82, 2.24) is 9.62 Å². The number of carbonyl (C=O) groups excluding carboxylic acids is 1. The zero-order chi connectivity index (χ0) is 26.6. The quantitative estimate of drug-likeness (QED) is 0.354. The number of sulfonamides is 1. The SMILES string of the molecule is Cc1ccc(S(=O)(=O)N[C@@H](CCCCN)C(=O)O)cc1.NC(=O)N1CCC(Cc2ccccc2)CC1. The number of nitrogens with two attached hydrogens (primary N) is 2. The van der Waals surface area contributed by atoms with Crippen molar-refractivity contribution < 1.29 is 23.1 Å². The molecule has 3 rings (SSSR count). The third-order valence-electron chi connectivity index (χ3n) is 6.17. The van der Waals surface area contributed by atoms with Crippen LogP contribution >= 0.6 is 0 Å². The molecule has 2 aromatic carbocycles. The number of aryl methyl sites for hydroxylation is 1. The van der Waals surface area contributed by atoms with E-state index in [2.05, 4.69) is 29.0 Å². The lowest BCUT2D eigenvalue weighted by Gasteiger charge is -2.30. The molecule has 198 valence electrons. The second kappa shape index (κ2) is 14.6. The number of aliphatic carboxylic acids is 1. The number of carboxylic acid groups (broad SMARTS) is 1. The number of urea groups is 1. The van der Waals surface area contributed by atoms with E-state index in [-0.39, 0.29) is 17.3 Å². The zero-order valence-corrected chi connectivity index (χ0v) is 21.6. The minimum absolute atomic E-state index is 0.0631. The molecule has 1 fully saturated rings. The predicted molar refractivity (Wildman–Crippen MR) is 140 cm³/mol. The average molecular weight is 519 g/mol. The standard InChI is InChI=1S/C13H20N2O4S.C13H18N2O/c1-10-5-7-11(8-6-10)20(18,19)15-12(13(16)17)4-2-3-9-14;14-13(16)15-8-6-12(7-9-15)10-11-4-2-1-3-5-11/h5-8,12,15H,2-4,9,14H2,1H3,(H,16,17);1-5,12H,6-10H2,(H2,14,16)/t12-;/m0./s1. The molecule has 0 aliphatic carbocycles. The maximum Gasteiger partial charge on any atom is 0.321 e. The van der Waals surface area contributed by atoms with E-state index in [1.165, 1.54) is 17.7 Å². The minimum atomic E-state index is -3.82. The van der Waals surface area contributed by atoms with Gasteiger partial charge in [0.15, 0.2) is 0 Å². The van der Waals surface area contributed by atoms with E-state index >= 15 is 0 Å². The monoisotopic (exact) mass is 518 g/mol. The average Bonchev–Trinajstić information content (AvgIpc) is 2.85. The first-order valence-corrected chi connectivity index (χ1v) is 13.7. The van der Waals surface area contributed by atoms with Crippen LogP contribution in [0.5, 0.6) is 0 Å². The van der Waals surface area contributed by atoms with Crippen molar-refractivity contribution in [3.8, 4) is 0 Å². The molecular formula is C26H38N4O5S. The summed E-state index contributed by atoms with van der Waals surface area (Å²) in [7, 11) is -3.82. The van der Waals surface area contributed by atoms with Gasteiger partial charge in [0.05, 0.1) is 4.90 Å². The zero-order valence-electron chi connectivity index (χ0n) is 20.8. The maximum absolute atomic E-state index is 12.1. The molecule has 1 heterocycles. The van der Waals surface area contributed by atoms with Crippen molar-refractivity contribution in [2.75, 3.05) is 19.6 Å². The summed E-state index contributed by atoms with van der Waals surface area (Å²) >= 11 is 0. The lowest BCUT2D eigenvalue weighted by Crippen LogP contribution is -2.41. The molecule has 2 aromatic rings. The molecule has 2 amide bonds. The molecular weight excluding hydrogens is 480 g/mol. The number of nitrogens with zero attached hydrogens (tertiary/aromatic N) is 1. The van der Waals surface area contributed by atoms with Crippen molar-refractivity contribution in [2.24, 2.45) is 17.4 Å². The maximum atomic E-state index is 12.1. The van der Waals surface area contributed by atoms with Gasteiger partial charge in [-0.1, -0.05) is 54.4 Å². The molecule has 10 heteroatoms. The number of amides is 2. The van der Waals surface area contributed by atoms with Crippen molar-refractivity contribution in [1.29, 1.82) is 0 Å². The summed E-state index contributed by atoms with van der Waals surface area (Å²) in [5.41, 5.74) is 12.9. The summed E-state index contributed by atoms with van der Waals surface area (Å²) in [6, 6.07) is 15.4. The molecule has 0 spiro atoms. The number of carboxylic acids is 1. The van der Waals surface area contributed by atoms with Gasteiger partial charge < -0.3 is 21.5 Å². The Labute approximate surface area is 213 Å². The van der Waals surface area contributed by atoms with Gasteiger partial charge in [0.1, 0.15) is 6.04 Å². The number of piperidine rings is 1. The highest BCUT2D eigenvalue weighted by atomic mass is 32.2. The van der Waals surface area contributed by atoms with Crippen LogP contribution in [0.2, 0.25) is 0 Å². The third kappa shape index (κ3) is 9.96. The molecule has 0 bridgehead atoms. The van der Waals surface area contributed by atoms with E-state index in [4.69, 9.17) is 16.6 Å². The highest BCUT2D eigenvalue weighted by Gasteiger charge is 2.25. The lowest BCUT2D eigenvalue weighted by molar-refractivity contribution is -0.139. The number of primary amides is 1. The number of likely N-dealkylation sites (tertiary alicyclic amines) is 1. The Balaban J connectivity index is 0.000000259. The molecule has 0 unspecified atom stereocenters. The van der Waals surface area contributed by atoms with Gasteiger partial charge in [-0.15, -0.1) is 0 Å². The molecule has 1 aliphatic rings. The summed E-state index contributed by atoms with van der Waals surface area (Å²) in [6.45, 7) is 3.92. The fourth-order valence-corrected chi connectivity index (χ4v) is 5.23. The summed E-state index contributed by atoms with van der Waals surface area (Å²) < 4.78 is 26.4. The van der Waals surface area contributed by atoms with Crippen molar-refractivity contribution in [2.45, 2.75) is 56.4 Å². The molecule has 1 aliphatic heterocycles. The molecule has 9 nitrogen and oxygen atoms in total. The van der Waals surface area contributed by atoms with Crippen LogP contribution in [0.4, 0.5) is 4.79 Å². The van der Waals surface area contributed by atoms with E-state index in [1.54, 1.807) is 17.0 Å². The molecule has 0 radical (unpaired) electrons. The second-order valence-electron chi connectivity index (χ2n) is 9.07. The van der Waals surface area contributed by atoms with Gasteiger partial charge in [0.25, 0.3) is 0 Å². The van der Waals surface area contributed by atoms with Gasteiger partial charge in [-0.2, -0.15) is 4.72 Å². The Morgan fingerprint density at radius 2 is 1.67 bits per heavy atom. The van der Waals surface area contributed by atoms with E-state index in [9.17, 15) is 18.0 Å². The van der Waals surface area contributed by atoms with Gasteiger partial charge >= 0.3 is 12.0 Å². The van der Waals surface area contributed by atoms with Gasteiger partial charge in [0.2, 0.25) is 10.0 Å². The van der Waals surface area contributed by atoms with E-state index < -0.39 is 22.0 Å². The van der Waals surface area contributed by atoms with Crippen LogP contribution in [-0.2, 0) is 21.2 Å². The summed E-state index contributed by atoms with van der Waals surface area (Å²) in [5.74, 6) is -0.490. The first-order chi connectivity index (χ1) is 17.1. The Hall–Kier alpha value is -2.95. The van der Waals surface area contributed by atoms with E-state index in [1.807, 2.05) is 13.0 Å². The Morgan fingerprint density at radius 3 is 2.19 bits per heavy atom. The highest BCUT2D eigenvalue weighted by molar-refractivity contribution is 7.89.